The summed E-state index contributed by atoms with van der Waals surface area (Å²) >= 11 is 0. The summed E-state index contributed by atoms with van der Waals surface area (Å²) in [5.74, 6) is 0.315. The molecule has 23 heavy (non-hydrogen) atoms. The van der Waals surface area contributed by atoms with Crippen LogP contribution in [0, 0.1) is 13.8 Å². The summed E-state index contributed by atoms with van der Waals surface area (Å²) in [5, 5.41) is 0. The number of likely N-dealkylation sites (N-methyl/N-ethyl adjacent to an activating group) is 1. The largest absolute Gasteiger partial charge is 0.338 e. The van der Waals surface area contributed by atoms with Crippen LogP contribution in [0.4, 0.5) is 0 Å². The third-order valence-corrected chi connectivity index (χ3v) is 5.71. The van der Waals surface area contributed by atoms with Crippen LogP contribution in [0.15, 0.2) is 18.2 Å². The molecule has 0 bridgehead atoms. The van der Waals surface area contributed by atoms with Crippen molar-refractivity contribution in [1.82, 2.24) is 9.80 Å². The highest BCUT2D eigenvalue weighted by Gasteiger charge is 2.44. The summed E-state index contributed by atoms with van der Waals surface area (Å²) in [7, 11) is 1.91. The van der Waals surface area contributed by atoms with Crippen LogP contribution >= 0.6 is 0 Å². The highest BCUT2D eigenvalue weighted by atomic mass is 16.2. The van der Waals surface area contributed by atoms with Crippen molar-refractivity contribution in [2.75, 3.05) is 20.1 Å². The maximum Gasteiger partial charge on any atom is 0.253 e. The molecule has 0 N–H and O–H groups in total. The van der Waals surface area contributed by atoms with Gasteiger partial charge in [-0.2, -0.15) is 0 Å². The second-order valence-electron chi connectivity index (χ2n) is 7.16. The zero-order valence-electron chi connectivity index (χ0n) is 14.4. The van der Waals surface area contributed by atoms with E-state index in [0.29, 0.717) is 13.0 Å². The van der Waals surface area contributed by atoms with Crippen LogP contribution < -0.4 is 0 Å². The van der Waals surface area contributed by atoms with Crippen molar-refractivity contribution in [1.29, 1.82) is 0 Å². The fourth-order valence-corrected chi connectivity index (χ4v) is 3.99. The fraction of sp³-hybridized carbons (Fsp3) is 0.579. The fourth-order valence-electron chi connectivity index (χ4n) is 3.99. The van der Waals surface area contributed by atoms with E-state index in [0.717, 1.165) is 43.4 Å². The predicted molar refractivity (Wildman–Crippen MR) is 90.4 cm³/mol. The normalized spacial score (nSPS) is 25.1. The van der Waals surface area contributed by atoms with Crippen molar-refractivity contribution in [3.05, 3.63) is 34.9 Å². The Balaban J connectivity index is 1.81. The van der Waals surface area contributed by atoms with Gasteiger partial charge in [0.1, 0.15) is 0 Å². The summed E-state index contributed by atoms with van der Waals surface area (Å²) in [6, 6.07) is 5.91. The van der Waals surface area contributed by atoms with Crippen LogP contribution in [0.1, 0.15) is 53.6 Å². The Morgan fingerprint density at radius 2 is 1.87 bits per heavy atom. The lowest BCUT2D eigenvalue weighted by Crippen LogP contribution is -2.61. The van der Waals surface area contributed by atoms with Gasteiger partial charge in [-0.15, -0.1) is 0 Å². The topological polar surface area (TPSA) is 40.6 Å². The Labute approximate surface area is 138 Å². The number of carbonyl (C=O) groups excluding carboxylic acids is 2. The van der Waals surface area contributed by atoms with Gasteiger partial charge in [-0.05, 0) is 62.8 Å². The van der Waals surface area contributed by atoms with Gasteiger partial charge in [0, 0.05) is 32.1 Å². The number of aryl methyl sites for hydroxylation is 2. The molecule has 2 amide bonds. The molecule has 4 nitrogen and oxygen atoms in total. The van der Waals surface area contributed by atoms with Gasteiger partial charge in [-0.3, -0.25) is 9.59 Å². The number of benzene rings is 1. The van der Waals surface area contributed by atoms with Crippen LogP contribution in [-0.2, 0) is 4.79 Å². The van der Waals surface area contributed by atoms with Crippen molar-refractivity contribution in [2.24, 2.45) is 0 Å². The Hall–Kier alpha value is -1.84. The minimum absolute atomic E-state index is 0.0959. The molecule has 124 valence electrons. The van der Waals surface area contributed by atoms with E-state index >= 15 is 0 Å². The molecule has 0 radical (unpaired) electrons. The third kappa shape index (κ3) is 2.87. The minimum atomic E-state index is -0.150. The van der Waals surface area contributed by atoms with Gasteiger partial charge >= 0.3 is 0 Å². The molecule has 0 aromatic heterocycles. The molecular weight excluding hydrogens is 288 g/mol. The van der Waals surface area contributed by atoms with E-state index in [1.54, 1.807) is 0 Å². The molecule has 1 aromatic carbocycles. The first-order chi connectivity index (χ1) is 10.9. The number of amides is 2. The molecule has 2 aliphatic rings. The molecule has 2 saturated heterocycles. The SMILES string of the molecule is Cc1ccc(C(=O)N2CCC[C@@]3(CCCC(=O)N3C)C2)cc1C. The third-order valence-electron chi connectivity index (χ3n) is 5.71. The Morgan fingerprint density at radius 3 is 2.61 bits per heavy atom. The van der Waals surface area contributed by atoms with E-state index in [2.05, 4.69) is 6.92 Å². The van der Waals surface area contributed by atoms with Crippen LogP contribution in [0.2, 0.25) is 0 Å². The summed E-state index contributed by atoms with van der Waals surface area (Å²) < 4.78 is 0. The molecule has 4 heteroatoms. The molecule has 1 aromatic rings. The maximum absolute atomic E-state index is 12.9. The number of rotatable bonds is 1. The highest BCUT2D eigenvalue weighted by molar-refractivity contribution is 5.94. The van der Waals surface area contributed by atoms with Crippen LogP contribution in [0.25, 0.3) is 0 Å². The zero-order valence-corrected chi connectivity index (χ0v) is 14.4. The quantitative estimate of drug-likeness (QED) is 0.799. The molecule has 2 fully saturated rings. The maximum atomic E-state index is 12.9. The summed E-state index contributed by atoms with van der Waals surface area (Å²) in [5.41, 5.74) is 2.96. The standard InChI is InChI=1S/C19H26N2O2/c1-14-7-8-16(12-15(14)2)18(23)21-11-5-10-19(13-21)9-4-6-17(22)20(19)3/h7-8,12H,4-6,9-11,13H2,1-3H3/t19-/m0/s1. The smallest absolute Gasteiger partial charge is 0.253 e. The lowest BCUT2D eigenvalue weighted by molar-refractivity contribution is -0.142. The monoisotopic (exact) mass is 314 g/mol. The van der Waals surface area contributed by atoms with E-state index in [1.807, 2.05) is 42.0 Å². The van der Waals surface area contributed by atoms with Crippen molar-refractivity contribution < 1.29 is 9.59 Å². The van der Waals surface area contributed by atoms with E-state index in [9.17, 15) is 9.59 Å². The Bertz CT molecular complexity index is 636. The van der Waals surface area contributed by atoms with Crippen LogP contribution in [0.3, 0.4) is 0 Å². The molecule has 1 spiro atoms. The average Bonchev–Trinajstić information content (AvgIpc) is 2.55. The molecule has 1 atom stereocenters. The minimum Gasteiger partial charge on any atom is -0.338 e. The Kier molecular flexibility index (Phi) is 4.17. The summed E-state index contributed by atoms with van der Waals surface area (Å²) in [6.07, 6.45) is 4.56. The van der Waals surface area contributed by atoms with E-state index in [-0.39, 0.29) is 17.4 Å². The lowest BCUT2D eigenvalue weighted by atomic mass is 9.80. The lowest BCUT2D eigenvalue weighted by Gasteiger charge is -2.50. The molecule has 0 unspecified atom stereocenters. The first-order valence-electron chi connectivity index (χ1n) is 8.56. The molecule has 2 heterocycles. The highest BCUT2D eigenvalue weighted by Crippen LogP contribution is 2.36. The molecular formula is C19H26N2O2. The Morgan fingerprint density at radius 1 is 1.13 bits per heavy atom. The van der Waals surface area contributed by atoms with E-state index in [4.69, 9.17) is 0 Å². The van der Waals surface area contributed by atoms with Gasteiger partial charge in [0.2, 0.25) is 5.91 Å². The van der Waals surface area contributed by atoms with Crippen LogP contribution in [0.5, 0.6) is 0 Å². The molecule has 0 aliphatic carbocycles. The van der Waals surface area contributed by atoms with E-state index in [1.165, 1.54) is 5.56 Å². The van der Waals surface area contributed by atoms with Gasteiger partial charge in [0.15, 0.2) is 0 Å². The van der Waals surface area contributed by atoms with Gasteiger partial charge in [-0.25, -0.2) is 0 Å². The number of hydrogen-bond donors (Lipinski definition) is 0. The molecule has 0 saturated carbocycles. The summed E-state index contributed by atoms with van der Waals surface area (Å²) in [6.45, 7) is 5.55. The van der Waals surface area contributed by atoms with Gasteiger partial charge in [0.25, 0.3) is 5.91 Å². The molecule has 2 aliphatic heterocycles. The van der Waals surface area contributed by atoms with E-state index < -0.39 is 0 Å². The van der Waals surface area contributed by atoms with Crippen LogP contribution in [-0.4, -0.2) is 47.3 Å². The first kappa shape index (κ1) is 16.0. The van der Waals surface area contributed by atoms with Gasteiger partial charge in [0.05, 0.1) is 5.54 Å². The van der Waals surface area contributed by atoms with Crippen molar-refractivity contribution in [3.63, 3.8) is 0 Å². The predicted octanol–water partition coefficient (Wildman–Crippen LogP) is 2.92. The summed E-state index contributed by atoms with van der Waals surface area (Å²) in [4.78, 5) is 28.9. The molecule has 3 rings (SSSR count). The van der Waals surface area contributed by atoms with Crippen molar-refractivity contribution >= 4 is 11.8 Å². The number of carbonyl (C=O) groups is 2. The number of likely N-dealkylation sites (tertiary alicyclic amines) is 2. The first-order valence-corrected chi connectivity index (χ1v) is 8.56. The number of nitrogens with zero attached hydrogens (tertiary/aromatic N) is 2. The second kappa shape index (κ2) is 5.99. The second-order valence-corrected chi connectivity index (χ2v) is 7.16. The number of piperidine rings is 2. The zero-order chi connectivity index (χ0) is 16.6. The van der Waals surface area contributed by atoms with Crippen molar-refractivity contribution in [2.45, 2.75) is 51.5 Å². The van der Waals surface area contributed by atoms with Crippen molar-refractivity contribution in [3.8, 4) is 0 Å². The average molecular weight is 314 g/mol. The van der Waals surface area contributed by atoms with Gasteiger partial charge in [-0.1, -0.05) is 6.07 Å². The van der Waals surface area contributed by atoms with Gasteiger partial charge < -0.3 is 9.80 Å². The number of hydrogen-bond acceptors (Lipinski definition) is 2.